The number of nitrogens with zero attached hydrogens (tertiary/aromatic N) is 5. The van der Waals surface area contributed by atoms with Crippen LogP contribution in [0.3, 0.4) is 0 Å². The molecule has 2 aromatic rings. The van der Waals surface area contributed by atoms with Gasteiger partial charge in [0.1, 0.15) is 18.2 Å². The number of rotatable bonds is 7. The Bertz CT molecular complexity index is 774. The highest BCUT2D eigenvalue weighted by Crippen LogP contribution is 2.15. The number of guanidine groups is 1. The second-order valence-corrected chi connectivity index (χ2v) is 7.30. The Labute approximate surface area is 174 Å². The van der Waals surface area contributed by atoms with Crippen molar-refractivity contribution < 1.29 is 4.74 Å². The molecule has 0 unspecified atom stereocenters. The third kappa shape index (κ3) is 6.35. The zero-order valence-electron chi connectivity index (χ0n) is 17.7. The van der Waals surface area contributed by atoms with Gasteiger partial charge in [-0.15, -0.1) is 0 Å². The van der Waals surface area contributed by atoms with E-state index in [1.54, 1.807) is 7.05 Å². The first-order valence-corrected chi connectivity index (χ1v) is 10.1. The molecule has 1 aliphatic heterocycles. The standard InChI is InChI=1S/C22H32N6O/c1-23-22(27(3)15-16-29-20-7-5-4-6-8-20)25-18-19-9-10-24-21(17-19)28-13-11-26(2)12-14-28/h4-10,17H,11-16,18H2,1-3H3,(H,23,25). The van der Waals surface area contributed by atoms with E-state index in [4.69, 9.17) is 4.74 Å². The third-order valence-corrected chi connectivity index (χ3v) is 5.10. The maximum Gasteiger partial charge on any atom is 0.193 e. The molecule has 0 amide bonds. The molecule has 29 heavy (non-hydrogen) atoms. The van der Waals surface area contributed by atoms with Crippen molar-refractivity contribution in [2.75, 3.05) is 65.4 Å². The lowest BCUT2D eigenvalue weighted by atomic mass is 10.2. The Morgan fingerprint density at radius 2 is 1.93 bits per heavy atom. The Kier molecular flexibility index (Phi) is 7.69. The summed E-state index contributed by atoms with van der Waals surface area (Å²) in [6.07, 6.45) is 1.89. The number of piperazine rings is 1. The fraction of sp³-hybridized carbons (Fsp3) is 0.455. The first-order valence-electron chi connectivity index (χ1n) is 10.1. The largest absolute Gasteiger partial charge is 0.492 e. The molecule has 0 bridgehead atoms. The quantitative estimate of drug-likeness (QED) is 0.570. The molecule has 7 nitrogen and oxygen atoms in total. The Balaban J connectivity index is 1.48. The first-order chi connectivity index (χ1) is 14.2. The molecule has 0 atom stereocenters. The van der Waals surface area contributed by atoms with Gasteiger partial charge in [0.25, 0.3) is 0 Å². The van der Waals surface area contributed by atoms with Gasteiger partial charge in [0.2, 0.25) is 0 Å². The predicted octanol–water partition coefficient (Wildman–Crippen LogP) is 1.92. The van der Waals surface area contributed by atoms with Gasteiger partial charge in [-0.05, 0) is 36.9 Å². The van der Waals surface area contributed by atoms with Crippen LogP contribution in [0.4, 0.5) is 5.82 Å². The summed E-state index contributed by atoms with van der Waals surface area (Å²) in [5.41, 5.74) is 1.20. The van der Waals surface area contributed by atoms with E-state index in [9.17, 15) is 0 Å². The molecule has 0 aliphatic carbocycles. The number of pyridine rings is 1. The van der Waals surface area contributed by atoms with E-state index in [1.807, 2.05) is 43.6 Å². The van der Waals surface area contributed by atoms with Crippen molar-refractivity contribution >= 4 is 11.8 Å². The van der Waals surface area contributed by atoms with E-state index in [-0.39, 0.29) is 0 Å². The number of aromatic nitrogens is 1. The van der Waals surface area contributed by atoms with Gasteiger partial charge in [0.15, 0.2) is 5.96 Å². The highest BCUT2D eigenvalue weighted by Gasteiger charge is 2.15. The molecule has 1 N–H and O–H groups in total. The molecule has 3 rings (SSSR count). The van der Waals surface area contributed by atoms with Crippen LogP contribution in [0.25, 0.3) is 0 Å². The van der Waals surface area contributed by atoms with Crippen LogP contribution < -0.4 is 15.0 Å². The van der Waals surface area contributed by atoms with Crippen molar-refractivity contribution in [2.45, 2.75) is 6.54 Å². The number of nitrogens with one attached hydrogen (secondary N) is 1. The lowest BCUT2D eigenvalue weighted by molar-refractivity contribution is 0.281. The van der Waals surface area contributed by atoms with Gasteiger partial charge in [-0.3, -0.25) is 4.99 Å². The zero-order chi connectivity index (χ0) is 20.5. The van der Waals surface area contributed by atoms with Gasteiger partial charge >= 0.3 is 0 Å². The number of ether oxygens (including phenoxy) is 1. The average molecular weight is 397 g/mol. The van der Waals surface area contributed by atoms with Crippen molar-refractivity contribution in [1.82, 2.24) is 20.1 Å². The molecular formula is C22H32N6O. The van der Waals surface area contributed by atoms with Gasteiger partial charge in [-0.25, -0.2) is 4.98 Å². The summed E-state index contributed by atoms with van der Waals surface area (Å²) in [6.45, 7) is 6.25. The molecule has 1 aliphatic rings. The van der Waals surface area contributed by atoms with E-state index in [0.717, 1.165) is 50.3 Å². The molecular weight excluding hydrogens is 364 g/mol. The van der Waals surface area contributed by atoms with Crippen molar-refractivity contribution in [1.29, 1.82) is 0 Å². The number of aliphatic imine (C=N–C) groups is 1. The second-order valence-electron chi connectivity index (χ2n) is 7.30. The van der Waals surface area contributed by atoms with Crippen LogP contribution in [0.5, 0.6) is 5.75 Å². The topological polar surface area (TPSA) is 56.2 Å². The molecule has 0 radical (unpaired) electrons. The predicted molar refractivity (Wildman–Crippen MR) is 119 cm³/mol. The summed E-state index contributed by atoms with van der Waals surface area (Å²) >= 11 is 0. The number of likely N-dealkylation sites (N-methyl/N-ethyl adjacent to an activating group) is 2. The van der Waals surface area contributed by atoms with Crippen LogP contribution in [-0.2, 0) is 6.54 Å². The van der Waals surface area contributed by atoms with Crippen molar-refractivity contribution in [3.8, 4) is 5.75 Å². The minimum absolute atomic E-state index is 0.601. The number of hydrogen-bond donors (Lipinski definition) is 1. The average Bonchev–Trinajstić information content (AvgIpc) is 2.76. The number of hydrogen-bond acceptors (Lipinski definition) is 5. The van der Waals surface area contributed by atoms with Crippen LogP contribution in [0.15, 0.2) is 53.7 Å². The highest BCUT2D eigenvalue weighted by molar-refractivity contribution is 5.79. The molecule has 1 saturated heterocycles. The lowest BCUT2D eigenvalue weighted by Crippen LogP contribution is -2.44. The normalized spacial score (nSPS) is 15.3. The van der Waals surface area contributed by atoms with Crippen molar-refractivity contribution in [3.05, 3.63) is 54.2 Å². The van der Waals surface area contributed by atoms with Crippen LogP contribution >= 0.6 is 0 Å². The summed E-state index contributed by atoms with van der Waals surface area (Å²) in [5, 5.41) is 3.44. The monoisotopic (exact) mass is 396 g/mol. The lowest BCUT2D eigenvalue weighted by Gasteiger charge is -2.33. The molecule has 1 aromatic heterocycles. The fourth-order valence-corrected chi connectivity index (χ4v) is 3.27. The summed E-state index contributed by atoms with van der Waals surface area (Å²) in [5.74, 6) is 2.79. The SMILES string of the molecule is CN=C(NCc1ccnc(N2CCN(C)CC2)c1)N(C)CCOc1ccccc1. The maximum absolute atomic E-state index is 5.78. The van der Waals surface area contributed by atoms with E-state index >= 15 is 0 Å². The second kappa shape index (κ2) is 10.7. The number of anilines is 1. The molecule has 1 fully saturated rings. The van der Waals surface area contributed by atoms with Crippen LogP contribution in [0, 0.1) is 0 Å². The minimum atomic E-state index is 0.601. The summed E-state index contributed by atoms with van der Waals surface area (Å²) in [7, 11) is 5.99. The van der Waals surface area contributed by atoms with E-state index in [0.29, 0.717) is 13.2 Å². The Morgan fingerprint density at radius 3 is 2.66 bits per heavy atom. The Morgan fingerprint density at radius 1 is 1.17 bits per heavy atom. The van der Waals surface area contributed by atoms with E-state index < -0.39 is 0 Å². The zero-order valence-corrected chi connectivity index (χ0v) is 17.7. The van der Waals surface area contributed by atoms with Gasteiger partial charge < -0.3 is 24.8 Å². The number of para-hydroxylation sites is 1. The van der Waals surface area contributed by atoms with Gasteiger partial charge in [-0.2, -0.15) is 0 Å². The van der Waals surface area contributed by atoms with E-state index in [2.05, 4.69) is 49.2 Å². The van der Waals surface area contributed by atoms with Crippen molar-refractivity contribution in [2.24, 2.45) is 4.99 Å². The fourth-order valence-electron chi connectivity index (χ4n) is 3.27. The summed E-state index contributed by atoms with van der Waals surface area (Å²) in [6, 6.07) is 14.1. The molecule has 0 spiro atoms. The van der Waals surface area contributed by atoms with Gasteiger partial charge in [0.05, 0.1) is 6.54 Å². The summed E-state index contributed by atoms with van der Waals surface area (Å²) in [4.78, 5) is 15.7. The minimum Gasteiger partial charge on any atom is -0.492 e. The smallest absolute Gasteiger partial charge is 0.193 e. The van der Waals surface area contributed by atoms with Crippen molar-refractivity contribution in [3.63, 3.8) is 0 Å². The first kappa shape index (κ1) is 20.9. The van der Waals surface area contributed by atoms with Gasteiger partial charge in [0, 0.05) is 53.0 Å². The molecule has 156 valence electrons. The third-order valence-electron chi connectivity index (χ3n) is 5.10. The Hall–Kier alpha value is -2.80. The molecule has 1 aromatic carbocycles. The molecule has 0 saturated carbocycles. The number of benzene rings is 1. The molecule has 7 heteroatoms. The molecule has 2 heterocycles. The van der Waals surface area contributed by atoms with Crippen LogP contribution in [-0.4, -0.2) is 81.2 Å². The van der Waals surface area contributed by atoms with Gasteiger partial charge in [-0.1, -0.05) is 18.2 Å². The summed E-state index contributed by atoms with van der Waals surface area (Å²) < 4.78 is 5.78. The van der Waals surface area contributed by atoms with E-state index in [1.165, 1.54) is 5.56 Å². The van der Waals surface area contributed by atoms with Crippen LogP contribution in [0.1, 0.15) is 5.56 Å². The highest BCUT2D eigenvalue weighted by atomic mass is 16.5. The van der Waals surface area contributed by atoms with Crippen LogP contribution in [0.2, 0.25) is 0 Å². The maximum atomic E-state index is 5.78.